The second-order valence-electron chi connectivity index (χ2n) is 7.99. The molecule has 0 saturated carbocycles. The maximum absolute atomic E-state index is 3.55. The standard InChI is InChI=1S/C22H42N8/c1-2-22(30-19-15-27-11-7-24-8-12-28-16-20-30)4-3-21(1)29-17-13-25-9-5-23-6-10-26-14-18-29/h1-4,23-28H,5-20H2. The number of nitrogens with zero attached hydrogens (tertiary/aromatic N) is 2. The molecule has 0 bridgehead atoms. The summed E-state index contributed by atoms with van der Waals surface area (Å²) in [6.45, 7) is 16.4. The lowest BCUT2D eigenvalue weighted by atomic mass is 10.2. The smallest absolute Gasteiger partial charge is 0.0368 e. The molecule has 0 amide bonds. The summed E-state index contributed by atoms with van der Waals surface area (Å²) in [4.78, 5) is 4.98. The zero-order chi connectivity index (χ0) is 20.7. The van der Waals surface area contributed by atoms with Crippen molar-refractivity contribution >= 4 is 11.4 Å². The summed E-state index contributed by atoms with van der Waals surface area (Å²) < 4.78 is 0. The molecule has 2 heterocycles. The zero-order valence-corrected chi connectivity index (χ0v) is 18.5. The van der Waals surface area contributed by atoms with Gasteiger partial charge in [-0.05, 0) is 24.3 Å². The maximum Gasteiger partial charge on any atom is 0.0368 e. The van der Waals surface area contributed by atoms with Crippen LogP contribution in [0.25, 0.3) is 0 Å². The molecule has 30 heavy (non-hydrogen) atoms. The molecule has 2 aliphatic heterocycles. The lowest BCUT2D eigenvalue weighted by molar-refractivity contribution is 0.557. The van der Waals surface area contributed by atoms with E-state index in [2.05, 4.69) is 66.0 Å². The van der Waals surface area contributed by atoms with Crippen molar-refractivity contribution in [3.8, 4) is 0 Å². The van der Waals surface area contributed by atoms with Gasteiger partial charge in [0, 0.05) is 116 Å². The van der Waals surface area contributed by atoms with Crippen LogP contribution in [-0.4, -0.2) is 105 Å². The third-order valence-corrected chi connectivity index (χ3v) is 5.73. The molecule has 170 valence electrons. The van der Waals surface area contributed by atoms with Crippen molar-refractivity contribution in [2.45, 2.75) is 0 Å². The van der Waals surface area contributed by atoms with Crippen molar-refractivity contribution in [3.05, 3.63) is 24.3 Å². The van der Waals surface area contributed by atoms with E-state index in [1.807, 2.05) is 0 Å². The summed E-state index contributed by atoms with van der Waals surface area (Å²) in [5.41, 5.74) is 2.63. The first-order valence-corrected chi connectivity index (χ1v) is 11.8. The van der Waals surface area contributed by atoms with E-state index in [4.69, 9.17) is 0 Å². The molecular weight excluding hydrogens is 376 g/mol. The fourth-order valence-corrected chi connectivity index (χ4v) is 3.93. The van der Waals surface area contributed by atoms with Crippen LogP contribution in [0.2, 0.25) is 0 Å². The zero-order valence-electron chi connectivity index (χ0n) is 18.5. The van der Waals surface area contributed by atoms with E-state index in [0.717, 1.165) is 105 Å². The Morgan fingerprint density at radius 3 is 0.867 bits per heavy atom. The summed E-state index contributed by atoms with van der Waals surface area (Å²) in [7, 11) is 0. The molecule has 1 aromatic carbocycles. The minimum Gasteiger partial charge on any atom is -0.369 e. The molecule has 2 aliphatic rings. The van der Waals surface area contributed by atoms with E-state index in [0.29, 0.717) is 0 Å². The number of benzene rings is 1. The molecule has 0 spiro atoms. The Kier molecular flexibility index (Phi) is 11.3. The van der Waals surface area contributed by atoms with Crippen molar-refractivity contribution in [1.29, 1.82) is 0 Å². The molecule has 0 radical (unpaired) electrons. The Labute approximate surface area is 182 Å². The second kappa shape index (κ2) is 14.6. The summed E-state index contributed by atoms with van der Waals surface area (Å²) in [6, 6.07) is 9.18. The molecule has 3 rings (SSSR count). The topological polar surface area (TPSA) is 78.7 Å². The Morgan fingerprint density at radius 1 is 0.367 bits per heavy atom. The summed E-state index contributed by atoms with van der Waals surface area (Å²) in [6.07, 6.45) is 0. The largest absolute Gasteiger partial charge is 0.369 e. The number of nitrogens with one attached hydrogen (secondary N) is 6. The van der Waals surface area contributed by atoms with Gasteiger partial charge in [-0.3, -0.25) is 0 Å². The highest BCUT2D eigenvalue weighted by atomic mass is 15.2. The lowest BCUT2D eigenvalue weighted by Gasteiger charge is -2.29. The van der Waals surface area contributed by atoms with Crippen molar-refractivity contribution < 1.29 is 0 Å². The highest BCUT2D eigenvalue weighted by molar-refractivity contribution is 5.56. The fraction of sp³-hybridized carbons (Fsp3) is 0.727. The van der Waals surface area contributed by atoms with Crippen LogP contribution in [0.4, 0.5) is 11.4 Å². The Morgan fingerprint density at radius 2 is 0.600 bits per heavy atom. The molecule has 8 heteroatoms. The van der Waals surface area contributed by atoms with Gasteiger partial charge in [0.1, 0.15) is 0 Å². The van der Waals surface area contributed by atoms with Gasteiger partial charge in [-0.1, -0.05) is 0 Å². The molecule has 2 fully saturated rings. The first-order valence-electron chi connectivity index (χ1n) is 11.8. The first kappa shape index (κ1) is 23.2. The van der Waals surface area contributed by atoms with Crippen LogP contribution >= 0.6 is 0 Å². The van der Waals surface area contributed by atoms with Gasteiger partial charge < -0.3 is 41.7 Å². The van der Waals surface area contributed by atoms with Crippen LogP contribution < -0.4 is 41.7 Å². The van der Waals surface area contributed by atoms with E-state index >= 15 is 0 Å². The summed E-state index contributed by atoms with van der Waals surface area (Å²) in [5.74, 6) is 0. The predicted molar refractivity (Wildman–Crippen MR) is 128 cm³/mol. The summed E-state index contributed by atoms with van der Waals surface area (Å²) >= 11 is 0. The molecule has 8 nitrogen and oxygen atoms in total. The Bertz CT molecular complexity index is 480. The molecule has 2 saturated heterocycles. The van der Waals surface area contributed by atoms with Crippen LogP contribution in [-0.2, 0) is 0 Å². The van der Waals surface area contributed by atoms with Crippen LogP contribution in [0.5, 0.6) is 0 Å². The average Bonchev–Trinajstić information content (AvgIpc) is 2.75. The van der Waals surface area contributed by atoms with Crippen LogP contribution in [0, 0.1) is 0 Å². The third kappa shape index (κ3) is 8.75. The van der Waals surface area contributed by atoms with Gasteiger partial charge >= 0.3 is 0 Å². The van der Waals surface area contributed by atoms with Crippen LogP contribution in [0.1, 0.15) is 0 Å². The third-order valence-electron chi connectivity index (χ3n) is 5.73. The molecule has 6 N–H and O–H groups in total. The van der Waals surface area contributed by atoms with E-state index in [1.54, 1.807) is 0 Å². The fourth-order valence-electron chi connectivity index (χ4n) is 3.93. The monoisotopic (exact) mass is 418 g/mol. The molecule has 1 aromatic rings. The minimum absolute atomic E-state index is 1.02. The SMILES string of the molecule is c1cc(N2CCNCCNCCNCC2)ccc1N1CCNCCNCCNCC1. The molecule has 0 aromatic heterocycles. The van der Waals surface area contributed by atoms with Gasteiger partial charge in [0.05, 0.1) is 0 Å². The van der Waals surface area contributed by atoms with Crippen molar-refractivity contribution in [3.63, 3.8) is 0 Å². The van der Waals surface area contributed by atoms with Gasteiger partial charge in [-0.25, -0.2) is 0 Å². The highest BCUT2D eigenvalue weighted by Crippen LogP contribution is 2.20. The first-order chi connectivity index (χ1) is 14.9. The average molecular weight is 419 g/mol. The molecular formula is C22H42N8. The molecule has 0 unspecified atom stereocenters. The van der Waals surface area contributed by atoms with Gasteiger partial charge in [-0.15, -0.1) is 0 Å². The lowest BCUT2D eigenvalue weighted by Crippen LogP contribution is -2.42. The minimum atomic E-state index is 1.02. The maximum atomic E-state index is 3.55. The normalized spacial score (nSPS) is 22.3. The quantitative estimate of drug-likeness (QED) is 0.360. The van der Waals surface area contributed by atoms with E-state index in [1.165, 1.54) is 11.4 Å². The van der Waals surface area contributed by atoms with Gasteiger partial charge in [0.2, 0.25) is 0 Å². The number of anilines is 2. The van der Waals surface area contributed by atoms with E-state index < -0.39 is 0 Å². The van der Waals surface area contributed by atoms with E-state index in [-0.39, 0.29) is 0 Å². The number of rotatable bonds is 2. The van der Waals surface area contributed by atoms with Gasteiger partial charge in [-0.2, -0.15) is 0 Å². The van der Waals surface area contributed by atoms with Crippen molar-refractivity contribution in [1.82, 2.24) is 31.9 Å². The predicted octanol–water partition coefficient (Wildman–Crippen LogP) is -1.14. The van der Waals surface area contributed by atoms with Crippen LogP contribution in [0.3, 0.4) is 0 Å². The van der Waals surface area contributed by atoms with Crippen LogP contribution in [0.15, 0.2) is 24.3 Å². The molecule has 0 aliphatic carbocycles. The number of hydrogen-bond donors (Lipinski definition) is 6. The van der Waals surface area contributed by atoms with Gasteiger partial charge in [0.25, 0.3) is 0 Å². The summed E-state index contributed by atoms with van der Waals surface area (Å²) in [5, 5.41) is 21.1. The highest BCUT2D eigenvalue weighted by Gasteiger charge is 2.10. The van der Waals surface area contributed by atoms with Crippen molar-refractivity contribution in [2.75, 3.05) is 115 Å². The second-order valence-corrected chi connectivity index (χ2v) is 7.99. The van der Waals surface area contributed by atoms with Gasteiger partial charge in [0.15, 0.2) is 0 Å². The Balaban J connectivity index is 1.57. The van der Waals surface area contributed by atoms with Crippen molar-refractivity contribution in [2.24, 2.45) is 0 Å². The Hall–Kier alpha value is -1.42. The van der Waals surface area contributed by atoms with E-state index in [9.17, 15) is 0 Å². The molecule has 0 atom stereocenters. The number of hydrogen-bond acceptors (Lipinski definition) is 8.